The lowest BCUT2D eigenvalue weighted by molar-refractivity contribution is -0.227. The molecule has 5 rings (SSSR count). The Morgan fingerprint density at radius 3 is 2.23 bits per heavy atom. The molecule has 1 heterocycles. The van der Waals surface area contributed by atoms with E-state index in [1.54, 1.807) is 0 Å². The van der Waals surface area contributed by atoms with E-state index in [0.717, 1.165) is 24.8 Å². The predicted molar refractivity (Wildman–Crippen MR) is 158 cm³/mol. The summed E-state index contributed by atoms with van der Waals surface area (Å²) in [7, 11) is 0. The van der Waals surface area contributed by atoms with E-state index in [0.29, 0.717) is 34.0 Å². The standard InChI is InChI=1S/C35H57NO3/c1-9-35-19-15-24(23(2)3)30(35)25-11-12-27-32(6)17-10-22-36(28(37)13-14-29(38)39)31(4,5)26(32)16-18-34(27,8)33(25,7)20-21-35/h24-27,30H,2,9-22H2,1,3-8H3,(H,38,39)/t24-,25+,26?,27+,30+,32-,33+,34+,35+/m0/s1. The molecule has 5 aliphatic rings. The molecule has 1 unspecified atom stereocenters. The molecule has 1 amide bonds. The Morgan fingerprint density at radius 1 is 0.872 bits per heavy atom. The molecule has 9 atom stereocenters. The number of likely N-dealkylation sites (tertiary alicyclic amines) is 1. The molecular weight excluding hydrogens is 482 g/mol. The van der Waals surface area contributed by atoms with Gasteiger partial charge in [-0.25, -0.2) is 0 Å². The van der Waals surface area contributed by atoms with Crippen LogP contribution in [0.2, 0.25) is 0 Å². The molecule has 4 nitrogen and oxygen atoms in total. The van der Waals surface area contributed by atoms with Gasteiger partial charge in [0.1, 0.15) is 0 Å². The highest BCUT2D eigenvalue weighted by atomic mass is 16.4. The van der Waals surface area contributed by atoms with Crippen molar-refractivity contribution in [2.75, 3.05) is 6.54 Å². The summed E-state index contributed by atoms with van der Waals surface area (Å²) in [6.45, 7) is 22.7. The molecule has 4 heteroatoms. The van der Waals surface area contributed by atoms with Crippen LogP contribution in [0.5, 0.6) is 0 Å². The number of amides is 1. The monoisotopic (exact) mass is 539 g/mol. The van der Waals surface area contributed by atoms with Crippen molar-refractivity contribution < 1.29 is 14.7 Å². The Kier molecular flexibility index (Phi) is 7.20. The zero-order valence-electron chi connectivity index (χ0n) is 26.2. The highest BCUT2D eigenvalue weighted by molar-refractivity contribution is 5.81. The van der Waals surface area contributed by atoms with E-state index in [2.05, 4.69) is 59.9 Å². The minimum absolute atomic E-state index is 0.0333. The van der Waals surface area contributed by atoms with Gasteiger partial charge in [-0.1, -0.05) is 46.3 Å². The van der Waals surface area contributed by atoms with E-state index in [-0.39, 0.29) is 29.7 Å². The Balaban J connectivity index is 1.48. The van der Waals surface area contributed by atoms with Crippen LogP contribution in [0.1, 0.15) is 132 Å². The molecule has 0 aromatic rings. The third-order valence-corrected chi connectivity index (χ3v) is 14.7. The van der Waals surface area contributed by atoms with Crippen LogP contribution in [0.4, 0.5) is 0 Å². The van der Waals surface area contributed by atoms with Crippen LogP contribution in [-0.2, 0) is 9.59 Å². The average Bonchev–Trinajstić information content (AvgIpc) is 3.21. The molecule has 0 radical (unpaired) electrons. The summed E-state index contributed by atoms with van der Waals surface area (Å²) < 4.78 is 0. The van der Waals surface area contributed by atoms with Gasteiger partial charge in [0, 0.05) is 18.5 Å². The maximum atomic E-state index is 13.3. The van der Waals surface area contributed by atoms with Gasteiger partial charge in [-0.05, 0) is 136 Å². The van der Waals surface area contributed by atoms with Crippen molar-refractivity contribution in [1.29, 1.82) is 0 Å². The molecule has 0 bridgehead atoms. The van der Waals surface area contributed by atoms with Gasteiger partial charge < -0.3 is 10.0 Å². The van der Waals surface area contributed by atoms with Crippen molar-refractivity contribution in [3.8, 4) is 0 Å². The summed E-state index contributed by atoms with van der Waals surface area (Å²) >= 11 is 0. The molecule has 4 saturated carbocycles. The molecule has 0 aromatic carbocycles. The summed E-state index contributed by atoms with van der Waals surface area (Å²) in [5.74, 6) is 2.58. The summed E-state index contributed by atoms with van der Waals surface area (Å²) in [5.41, 5.74) is 2.59. The number of hydrogen-bond donors (Lipinski definition) is 1. The lowest BCUT2D eigenvalue weighted by Gasteiger charge is -2.72. The fourth-order valence-corrected chi connectivity index (χ4v) is 12.6. The second-order valence-corrected chi connectivity index (χ2v) is 16.1. The number of hydrogen-bond acceptors (Lipinski definition) is 2. The molecule has 4 aliphatic carbocycles. The van der Waals surface area contributed by atoms with Crippen LogP contribution >= 0.6 is 0 Å². The van der Waals surface area contributed by atoms with Gasteiger partial charge >= 0.3 is 5.97 Å². The molecule has 39 heavy (non-hydrogen) atoms. The van der Waals surface area contributed by atoms with E-state index in [4.69, 9.17) is 0 Å². The van der Waals surface area contributed by atoms with Gasteiger partial charge in [0.05, 0.1) is 6.42 Å². The summed E-state index contributed by atoms with van der Waals surface area (Å²) in [4.78, 5) is 26.7. The number of carboxylic acid groups (broad SMARTS) is 1. The second-order valence-electron chi connectivity index (χ2n) is 16.1. The van der Waals surface area contributed by atoms with E-state index in [9.17, 15) is 14.7 Å². The van der Waals surface area contributed by atoms with Gasteiger partial charge in [-0.15, -0.1) is 0 Å². The minimum Gasteiger partial charge on any atom is -0.481 e. The zero-order valence-corrected chi connectivity index (χ0v) is 26.2. The molecular formula is C35H57NO3. The SMILES string of the molecule is C=C(C)[C@@H]1CC[C@]2(CC)CC[C@]3(C)[C@H](CC[C@@H]4[C@@]5(C)CCCN(C(=O)CCC(=O)O)C(C)(C)C5CC[C@]43C)[C@@H]12. The summed E-state index contributed by atoms with van der Waals surface area (Å²) in [6.07, 6.45) is 14.2. The van der Waals surface area contributed by atoms with E-state index < -0.39 is 5.97 Å². The zero-order chi connectivity index (χ0) is 28.6. The molecule has 5 fully saturated rings. The van der Waals surface area contributed by atoms with Crippen LogP contribution in [0.15, 0.2) is 12.2 Å². The van der Waals surface area contributed by atoms with Gasteiger partial charge in [-0.2, -0.15) is 0 Å². The Morgan fingerprint density at radius 2 is 1.59 bits per heavy atom. The first-order chi connectivity index (χ1) is 18.2. The molecule has 220 valence electrons. The van der Waals surface area contributed by atoms with Gasteiger partial charge in [-0.3, -0.25) is 9.59 Å². The van der Waals surface area contributed by atoms with E-state index in [1.165, 1.54) is 69.8 Å². The van der Waals surface area contributed by atoms with Crippen molar-refractivity contribution in [2.45, 2.75) is 137 Å². The molecule has 1 saturated heterocycles. The van der Waals surface area contributed by atoms with Crippen LogP contribution in [0.25, 0.3) is 0 Å². The number of carbonyl (C=O) groups excluding carboxylic acids is 1. The Labute approximate surface area is 238 Å². The van der Waals surface area contributed by atoms with E-state index in [1.807, 2.05) is 0 Å². The number of carbonyl (C=O) groups is 2. The summed E-state index contributed by atoms with van der Waals surface area (Å²) in [6, 6.07) is 0. The van der Waals surface area contributed by atoms with Crippen molar-refractivity contribution in [2.24, 2.45) is 51.2 Å². The first-order valence-electron chi connectivity index (χ1n) is 16.4. The highest BCUT2D eigenvalue weighted by Gasteiger charge is 2.70. The smallest absolute Gasteiger partial charge is 0.303 e. The van der Waals surface area contributed by atoms with Crippen LogP contribution < -0.4 is 0 Å². The lowest BCUT2D eigenvalue weighted by Crippen LogP contribution is -2.66. The fraction of sp³-hybridized carbons (Fsp3) is 0.886. The molecule has 1 N–H and O–H groups in total. The molecule has 0 spiro atoms. The highest BCUT2D eigenvalue weighted by Crippen LogP contribution is 2.77. The van der Waals surface area contributed by atoms with Crippen LogP contribution in [-0.4, -0.2) is 34.0 Å². The Hall–Kier alpha value is -1.32. The predicted octanol–water partition coefficient (Wildman–Crippen LogP) is 8.50. The Bertz CT molecular complexity index is 1020. The van der Waals surface area contributed by atoms with Gasteiger partial charge in [0.2, 0.25) is 5.91 Å². The fourth-order valence-electron chi connectivity index (χ4n) is 12.6. The van der Waals surface area contributed by atoms with Crippen LogP contribution in [0, 0.1) is 51.2 Å². The third kappa shape index (κ3) is 4.03. The molecule has 1 aliphatic heterocycles. The van der Waals surface area contributed by atoms with E-state index >= 15 is 0 Å². The average molecular weight is 540 g/mol. The van der Waals surface area contributed by atoms with Crippen molar-refractivity contribution in [1.82, 2.24) is 4.90 Å². The molecule has 0 aromatic heterocycles. The van der Waals surface area contributed by atoms with Gasteiger partial charge in [0.15, 0.2) is 0 Å². The third-order valence-electron chi connectivity index (χ3n) is 14.7. The first kappa shape index (κ1) is 29.2. The maximum Gasteiger partial charge on any atom is 0.303 e. The van der Waals surface area contributed by atoms with Crippen molar-refractivity contribution in [3.05, 3.63) is 12.2 Å². The number of rotatable bonds is 5. The normalized spacial score (nSPS) is 46.7. The quantitative estimate of drug-likeness (QED) is 0.356. The lowest BCUT2D eigenvalue weighted by atomic mass is 9.33. The second kappa shape index (κ2) is 9.62. The minimum atomic E-state index is -0.880. The van der Waals surface area contributed by atoms with Crippen molar-refractivity contribution >= 4 is 11.9 Å². The maximum absolute atomic E-state index is 13.3. The summed E-state index contributed by atoms with van der Waals surface area (Å²) in [5, 5.41) is 9.21. The first-order valence-corrected chi connectivity index (χ1v) is 16.4. The number of aliphatic carboxylic acids is 1. The largest absolute Gasteiger partial charge is 0.481 e. The van der Waals surface area contributed by atoms with Gasteiger partial charge in [0.25, 0.3) is 0 Å². The number of fused-ring (bicyclic) bond motifs is 7. The number of allylic oxidation sites excluding steroid dienone is 1. The topological polar surface area (TPSA) is 57.6 Å². The van der Waals surface area contributed by atoms with Crippen molar-refractivity contribution in [3.63, 3.8) is 0 Å². The van der Waals surface area contributed by atoms with Crippen LogP contribution in [0.3, 0.4) is 0 Å². The number of carboxylic acids is 1. The number of nitrogens with zero attached hydrogens (tertiary/aromatic N) is 1.